The van der Waals surface area contributed by atoms with Crippen molar-refractivity contribution in [3.05, 3.63) is 42.1 Å². The summed E-state index contributed by atoms with van der Waals surface area (Å²) in [6.07, 6.45) is 0.389. The molecule has 3 unspecified atom stereocenters. The Hall–Kier alpha value is -3.88. The lowest BCUT2D eigenvalue weighted by atomic mass is 9.77. The van der Waals surface area contributed by atoms with Gasteiger partial charge in [0.2, 0.25) is 0 Å². The normalized spacial score (nSPS) is 17.9. The van der Waals surface area contributed by atoms with Gasteiger partial charge in [-0.1, -0.05) is 41.5 Å². The van der Waals surface area contributed by atoms with Crippen LogP contribution < -0.4 is 15.0 Å². The third kappa shape index (κ3) is 9.56. The smallest absolute Gasteiger partial charge is 0.420 e. The maximum Gasteiger partial charge on any atom is 0.420 e. The van der Waals surface area contributed by atoms with Crippen LogP contribution in [0.15, 0.2) is 36.5 Å². The largest absolute Gasteiger partial charge is 0.494 e. The van der Waals surface area contributed by atoms with Crippen LogP contribution in [0.4, 0.5) is 26.9 Å². The van der Waals surface area contributed by atoms with E-state index in [2.05, 4.69) is 44.3 Å². The molecule has 4 rings (SSSR count). The molecule has 288 valence electrons. The molecule has 14 heteroatoms. The molecule has 2 aromatic heterocycles. The number of aromatic nitrogens is 3. The summed E-state index contributed by atoms with van der Waals surface area (Å²) in [5.41, 5.74) is 0.189. The number of amides is 2. The van der Waals surface area contributed by atoms with E-state index in [0.717, 1.165) is 0 Å². The van der Waals surface area contributed by atoms with Crippen LogP contribution >= 0.6 is 0 Å². The first-order valence-corrected chi connectivity index (χ1v) is 21.2. The van der Waals surface area contributed by atoms with E-state index in [1.807, 2.05) is 27.7 Å². The second kappa shape index (κ2) is 15.6. The van der Waals surface area contributed by atoms with Crippen molar-refractivity contribution in [3.63, 3.8) is 0 Å². The van der Waals surface area contributed by atoms with Gasteiger partial charge in [0.05, 0.1) is 37.2 Å². The Morgan fingerprint density at radius 1 is 1.06 bits per heavy atom. The van der Waals surface area contributed by atoms with E-state index in [4.69, 9.17) is 18.9 Å². The number of aliphatic hydroxyl groups excluding tert-OH is 1. The molecule has 0 aliphatic carbocycles. The number of benzene rings is 1. The molecule has 0 radical (unpaired) electrons. The summed E-state index contributed by atoms with van der Waals surface area (Å²) in [5, 5.41) is 30.2. The minimum absolute atomic E-state index is 0.0426. The third-order valence-electron chi connectivity index (χ3n) is 9.77. The molecule has 1 aromatic carbocycles. The maximum atomic E-state index is 14.4. The number of hydrogen-bond acceptors (Lipinski definition) is 9. The minimum atomic E-state index is -2.23. The zero-order valence-electron chi connectivity index (χ0n) is 33.1. The number of carboxylic acid groups (broad SMARTS) is 1. The zero-order chi connectivity index (χ0) is 38.8. The fourth-order valence-electron chi connectivity index (χ4n) is 6.40. The summed E-state index contributed by atoms with van der Waals surface area (Å²) >= 11 is 0. The molecule has 1 aliphatic heterocycles. The van der Waals surface area contributed by atoms with Crippen LogP contribution in [-0.2, 0) is 15.6 Å². The number of fused-ring (bicyclic) bond motifs is 1. The quantitative estimate of drug-likeness (QED) is 0.165. The number of nitrogens with one attached hydrogen (secondary N) is 1. The van der Waals surface area contributed by atoms with Crippen molar-refractivity contribution in [2.45, 2.75) is 130 Å². The molecular formula is C38H60N6O7Si. The van der Waals surface area contributed by atoms with Gasteiger partial charge in [0.25, 0.3) is 0 Å². The summed E-state index contributed by atoms with van der Waals surface area (Å²) in [5.74, 6) is 1.39. The van der Waals surface area contributed by atoms with Gasteiger partial charge in [0, 0.05) is 30.6 Å². The van der Waals surface area contributed by atoms with Gasteiger partial charge in [-0.3, -0.25) is 0 Å². The Morgan fingerprint density at radius 3 is 2.27 bits per heavy atom. The minimum Gasteiger partial charge on any atom is -0.494 e. The van der Waals surface area contributed by atoms with Gasteiger partial charge in [-0.05, 0) is 88.3 Å². The molecule has 3 atom stereocenters. The number of carbonyl (C=O) groups is 2. The predicted molar refractivity (Wildman–Crippen MR) is 206 cm³/mol. The first-order valence-electron chi connectivity index (χ1n) is 18.2. The molecule has 1 fully saturated rings. The van der Waals surface area contributed by atoms with E-state index in [1.54, 1.807) is 61.8 Å². The van der Waals surface area contributed by atoms with Crippen molar-refractivity contribution < 1.29 is 33.7 Å². The van der Waals surface area contributed by atoms with E-state index in [1.165, 1.54) is 9.80 Å². The van der Waals surface area contributed by atoms with Crippen LogP contribution in [-0.4, -0.2) is 93.8 Å². The maximum absolute atomic E-state index is 14.4. The second-order valence-corrected chi connectivity index (χ2v) is 22.0. The fraction of sp³-hybridized carbons (Fsp3) is 0.632. The van der Waals surface area contributed by atoms with Crippen LogP contribution in [0.1, 0.15) is 87.6 Å². The number of aliphatic hydroxyl groups is 1. The summed E-state index contributed by atoms with van der Waals surface area (Å²) in [6, 6.07) is 8.16. The van der Waals surface area contributed by atoms with Crippen molar-refractivity contribution >= 4 is 43.5 Å². The molecule has 0 bridgehead atoms. The van der Waals surface area contributed by atoms with Crippen molar-refractivity contribution in [2.24, 2.45) is 5.41 Å². The molecule has 0 saturated carbocycles. The average molecular weight is 741 g/mol. The first-order chi connectivity index (χ1) is 24.0. The SMILES string of the molecule is CCOc1ccc(N(C(=O)OC(C)(C)C)c2c(CC(O)CO[Si](C)(C)C(C)(C)C)c(NC3CCCN(C(=O)O)C3C(C)(C)C)nc3ccnn23)cc1. The number of rotatable bonds is 11. The lowest BCUT2D eigenvalue weighted by Crippen LogP contribution is -2.59. The number of hydrogen-bond donors (Lipinski definition) is 3. The second-order valence-electron chi connectivity index (χ2n) is 17.2. The van der Waals surface area contributed by atoms with Gasteiger partial charge >= 0.3 is 12.2 Å². The van der Waals surface area contributed by atoms with Gasteiger partial charge in [-0.25, -0.2) is 19.5 Å². The molecule has 1 aliphatic rings. The van der Waals surface area contributed by atoms with Crippen molar-refractivity contribution in [2.75, 3.05) is 30.0 Å². The molecule has 3 aromatic rings. The van der Waals surface area contributed by atoms with E-state index < -0.39 is 43.7 Å². The van der Waals surface area contributed by atoms with Crippen LogP contribution in [0.5, 0.6) is 5.75 Å². The summed E-state index contributed by atoms with van der Waals surface area (Å²) in [6.45, 7) is 25.1. The van der Waals surface area contributed by atoms with Gasteiger partial charge in [0.1, 0.15) is 17.2 Å². The highest BCUT2D eigenvalue weighted by Crippen LogP contribution is 2.40. The highest BCUT2D eigenvalue weighted by Gasteiger charge is 2.43. The van der Waals surface area contributed by atoms with Crippen molar-refractivity contribution in [3.8, 4) is 5.75 Å². The highest BCUT2D eigenvalue weighted by molar-refractivity contribution is 6.74. The van der Waals surface area contributed by atoms with Gasteiger partial charge < -0.3 is 34.3 Å². The molecule has 1 saturated heterocycles. The standard InChI is InChI=1S/C38H60N6O7Si/c1-13-49-27-18-16-25(17-19-27)43(35(48)51-37(5,6)7)33-28(23-26(45)24-50-52(11,12)38(8,9)10)32(41-30-20-21-39-44(30)33)40-29-15-14-22-42(34(46)47)31(29)36(2,3)4/h16-21,26,29,31,45H,13-15,22-24H2,1-12H3,(H,40,41)(H,46,47). The monoisotopic (exact) mass is 740 g/mol. The highest BCUT2D eigenvalue weighted by atomic mass is 28.4. The van der Waals surface area contributed by atoms with E-state index in [9.17, 15) is 19.8 Å². The van der Waals surface area contributed by atoms with E-state index in [-0.39, 0.29) is 24.1 Å². The number of piperidine rings is 1. The fourth-order valence-corrected chi connectivity index (χ4v) is 7.44. The molecule has 3 heterocycles. The van der Waals surface area contributed by atoms with Crippen LogP contribution in [0.2, 0.25) is 18.1 Å². The van der Waals surface area contributed by atoms with Gasteiger partial charge in [-0.15, -0.1) is 0 Å². The third-order valence-corrected chi connectivity index (χ3v) is 14.3. The summed E-state index contributed by atoms with van der Waals surface area (Å²) in [7, 11) is -2.23. The molecular weight excluding hydrogens is 681 g/mol. The summed E-state index contributed by atoms with van der Waals surface area (Å²) in [4.78, 5) is 34.9. The Bertz CT molecular complexity index is 1690. The number of likely N-dealkylation sites (tertiary alicyclic amines) is 1. The Balaban J connectivity index is 1.96. The van der Waals surface area contributed by atoms with E-state index >= 15 is 0 Å². The Kier molecular flexibility index (Phi) is 12.3. The Labute approximate surface area is 309 Å². The number of nitrogens with zero attached hydrogens (tertiary/aromatic N) is 5. The molecule has 2 amide bonds. The summed E-state index contributed by atoms with van der Waals surface area (Å²) < 4.78 is 19.8. The van der Waals surface area contributed by atoms with Crippen LogP contribution in [0, 0.1) is 5.41 Å². The van der Waals surface area contributed by atoms with Gasteiger partial charge in [-0.2, -0.15) is 9.61 Å². The average Bonchev–Trinajstić information content (AvgIpc) is 3.48. The molecule has 3 N–H and O–H groups in total. The zero-order valence-corrected chi connectivity index (χ0v) is 34.1. The number of carbonyl (C=O) groups excluding carboxylic acids is 1. The number of ether oxygens (including phenoxy) is 2. The Morgan fingerprint density at radius 2 is 1.71 bits per heavy atom. The lowest BCUT2D eigenvalue weighted by molar-refractivity contribution is 0.0517. The lowest BCUT2D eigenvalue weighted by Gasteiger charge is -2.47. The topological polar surface area (TPSA) is 151 Å². The van der Waals surface area contributed by atoms with Gasteiger partial charge in [0.15, 0.2) is 19.8 Å². The molecule has 13 nitrogen and oxygen atoms in total. The number of anilines is 3. The first kappa shape index (κ1) is 40.9. The van der Waals surface area contributed by atoms with Crippen molar-refractivity contribution in [1.82, 2.24) is 19.5 Å². The van der Waals surface area contributed by atoms with E-state index in [0.29, 0.717) is 60.3 Å². The molecule has 0 spiro atoms. The molecule has 52 heavy (non-hydrogen) atoms. The predicted octanol–water partition coefficient (Wildman–Crippen LogP) is 8.10. The van der Waals surface area contributed by atoms with Crippen molar-refractivity contribution in [1.29, 1.82) is 0 Å². The van der Waals surface area contributed by atoms with Crippen LogP contribution in [0.3, 0.4) is 0 Å². The van der Waals surface area contributed by atoms with Crippen LogP contribution in [0.25, 0.3) is 5.65 Å².